The average molecular weight is 343 g/mol. The molecule has 25 heavy (non-hydrogen) atoms. The van der Waals surface area contributed by atoms with Crippen molar-refractivity contribution in [1.29, 1.82) is 0 Å². The summed E-state index contributed by atoms with van der Waals surface area (Å²) < 4.78 is 5.40. The Balaban J connectivity index is 1.44. The molecule has 1 aromatic heterocycles. The predicted molar refractivity (Wildman–Crippen MR) is 97.3 cm³/mol. The lowest BCUT2D eigenvalue weighted by Gasteiger charge is -2.30. The van der Waals surface area contributed by atoms with Crippen LogP contribution in [0, 0.1) is 0 Å². The van der Waals surface area contributed by atoms with Gasteiger partial charge in [0.2, 0.25) is 5.89 Å². The van der Waals surface area contributed by atoms with Gasteiger partial charge in [0.1, 0.15) is 0 Å². The number of hydrogen-bond acceptors (Lipinski definition) is 5. The molecule has 1 aliphatic rings. The van der Waals surface area contributed by atoms with E-state index in [1.54, 1.807) is 0 Å². The molecule has 1 heterocycles. The van der Waals surface area contributed by atoms with Crippen molar-refractivity contribution in [3.8, 4) is 0 Å². The fourth-order valence-corrected chi connectivity index (χ4v) is 3.70. The van der Waals surface area contributed by atoms with Crippen LogP contribution in [0.4, 0.5) is 0 Å². The molecule has 1 aliphatic carbocycles. The highest BCUT2D eigenvalue weighted by atomic mass is 16.5. The molecule has 1 saturated carbocycles. The largest absolute Gasteiger partial charge is 0.388 e. The maximum Gasteiger partial charge on any atom is 0.229 e. The Morgan fingerprint density at radius 3 is 2.56 bits per heavy atom. The van der Waals surface area contributed by atoms with Crippen LogP contribution in [0.5, 0.6) is 0 Å². The molecule has 2 N–H and O–H groups in total. The zero-order valence-electron chi connectivity index (χ0n) is 15.2. The van der Waals surface area contributed by atoms with Crippen molar-refractivity contribution in [2.24, 2.45) is 0 Å². The van der Waals surface area contributed by atoms with Gasteiger partial charge in [-0.15, -0.1) is 0 Å². The third-order valence-electron chi connectivity index (χ3n) is 5.16. The summed E-state index contributed by atoms with van der Waals surface area (Å²) in [7, 11) is 0. The Labute approximate surface area is 149 Å². The normalized spacial score (nSPS) is 23.3. The van der Waals surface area contributed by atoms with E-state index in [0.29, 0.717) is 12.0 Å². The van der Waals surface area contributed by atoms with Gasteiger partial charge in [-0.1, -0.05) is 42.4 Å². The third kappa shape index (κ3) is 4.89. The van der Waals surface area contributed by atoms with Gasteiger partial charge in [-0.05, 0) is 44.6 Å². The predicted octanol–water partition coefficient (Wildman–Crippen LogP) is 3.76. The van der Waals surface area contributed by atoms with Crippen molar-refractivity contribution in [2.75, 3.05) is 0 Å². The molecule has 0 aliphatic heterocycles. The molecule has 5 nitrogen and oxygen atoms in total. The Kier molecular flexibility index (Phi) is 6.21. The number of benzene rings is 1. The molecule has 2 aromatic rings. The molecule has 0 spiro atoms. The van der Waals surface area contributed by atoms with E-state index in [0.717, 1.165) is 55.8 Å². The number of aliphatic hydroxyl groups is 1. The lowest BCUT2D eigenvalue weighted by atomic mass is 9.85. The number of aliphatic hydroxyl groups excluding tert-OH is 1. The Morgan fingerprint density at radius 1 is 1.20 bits per heavy atom. The summed E-state index contributed by atoms with van der Waals surface area (Å²) in [5, 5.41) is 18.1. The molecule has 2 atom stereocenters. The molecular formula is C20H29N3O2. The fraction of sp³-hybridized carbons (Fsp3) is 0.600. The number of rotatable bonds is 7. The number of nitrogens with one attached hydrogen (secondary N) is 1. The van der Waals surface area contributed by atoms with Crippen molar-refractivity contribution in [3.63, 3.8) is 0 Å². The molecule has 136 valence electrons. The van der Waals surface area contributed by atoms with Gasteiger partial charge in [0.15, 0.2) is 5.82 Å². The van der Waals surface area contributed by atoms with Crippen LogP contribution in [0.1, 0.15) is 75.3 Å². The topological polar surface area (TPSA) is 71.2 Å². The van der Waals surface area contributed by atoms with Crippen molar-refractivity contribution >= 4 is 0 Å². The highest BCUT2D eigenvalue weighted by Gasteiger charge is 2.27. The molecule has 3 rings (SSSR count). The SMILES string of the molecule is CCc1noc(C2CCC(NC(C)CC(O)c3ccccc3)CC2)n1. The maximum absolute atomic E-state index is 10.4. The van der Waals surface area contributed by atoms with Crippen LogP contribution in [-0.2, 0) is 6.42 Å². The van der Waals surface area contributed by atoms with Crippen molar-refractivity contribution in [3.05, 3.63) is 47.6 Å². The molecule has 2 unspecified atom stereocenters. The van der Waals surface area contributed by atoms with E-state index in [4.69, 9.17) is 4.52 Å². The van der Waals surface area contributed by atoms with Crippen molar-refractivity contribution < 1.29 is 9.63 Å². The summed E-state index contributed by atoms with van der Waals surface area (Å²) >= 11 is 0. The smallest absolute Gasteiger partial charge is 0.229 e. The number of aryl methyl sites for hydroxylation is 1. The van der Waals surface area contributed by atoms with E-state index < -0.39 is 6.10 Å². The summed E-state index contributed by atoms with van der Waals surface area (Å²) in [5.41, 5.74) is 0.989. The molecule has 1 fully saturated rings. The monoisotopic (exact) mass is 343 g/mol. The maximum atomic E-state index is 10.4. The number of hydrogen-bond donors (Lipinski definition) is 2. The molecule has 0 saturated heterocycles. The van der Waals surface area contributed by atoms with Crippen molar-refractivity contribution in [2.45, 2.75) is 76.5 Å². The van der Waals surface area contributed by atoms with Gasteiger partial charge in [-0.3, -0.25) is 0 Å². The summed E-state index contributed by atoms with van der Waals surface area (Å²) in [4.78, 5) is 4.48. The second-order valence-corrected chi connectivity index (χ2v) is 7.18. The first-order valence-electron chi connectivity index (χ1n) is 9.47. The molecule has 1 aromatic carbocycles. The summed E-state index contributed by atoms with van der Waals surface area (Å²) in [5.74, 6) is 2.01. The zero-order valence-corrected chi connectivity index (χ0v) is 15.2. The van der Waals surface area contributed by atoms with Crippen LogP contribution < -0.4 is 5.32 Å². The molecule has 0 bridgehead atoms. The van der Waals surface area contributed by atoms with Gasteiger partial charge < -0.3 is 14.9 Å². The fourth-order valence-electron chi connectivity index (χ4n) is 3.70. The van der Waals surface area contributed by atoms with Gasteiger partial charge in [0.05, 0.1) is 6.10 Å². The van der Waals surface area contributed by atoms with Crippen LogP contribution >= 0.6 is 0 Å². The van der Waals surface area contributed by atoms with Gasteiger partial charge in [0, 0.05) is 24.4 Å². The first-order chi connectivity index (χ1) is 12.2. The number of aromatic nitrogens is 2. The summed E-state index contributed by atoms with van der Waals surface area (Å²) in [6.45, 7) is 4.20. The van der Waals surface area contributed by atoms with Crippen molar-refractivity contribution in [1.82, 2.24) is 15.5 Å². The van der Waals surface area contributed by atoms with E-state index in [2.05, 4.69) is 22.4 Å². The van der Waals surface area contributed by atoms with Gasteiger partial charge >= 0.3 is 0 Å². The number of nitrogens with zero attached hydrogens (tertiary/aromatic N) is 2. The van der Waals surface area contributed by atoms with Gasteiger partial charge in [-0.25, -0.2) is 0 Å². The van der Waals surface area contributed by atoms with Crippen LogP contribution in [0.2, 0.25) is 0 Å². The van der Waals surface area contributed by atoms with Gasteiger partial charge in [-0.2, -0.15) is 4.98 Å². The second-order valence-electron chi connectivity index (χ2n) is 7.18. The first kappa shape index (κ1) is 18.1. The summed E-state index contributed by atoms with van der Waals surface area (Å²) in [6.07, 6.45) is 5.52. The molecular weight excluding hydrogens is 314 g/mol. The minimum Gasteiger partial charge on any atom is -0.388 e. The summed E-state index contributed by atoms with van der Waals surface area (Å²) in [6, 6.07) is 10.7. The van der Waals surface area contributed by atoms with E-state index in [1.807, 2.05) is 37.3 Å². The van der Waals surface area contributed by atoms with Crippen LogP contribution in [0.15, 0.2) is 34.9 Å². The molecule has 5 heteroatoms. The van der Waals surface area contributed by atoms with E-state index in [9.17, 15) is 5.11 Å². The van der Waals surface area contributed by atoms with Crippen LogP contribution in [-0.4, -0.2) is 27.3 Å². The Bertz CT molecular complexity index is 635. The van der Waals surface area contributed by atoms with Crippen LogP contribution in [0.25, 0.3) is 0 Å². The molecule has 0 amide bonds. The van der Waals surface area contributed by atoms with Gasteiger partial charge in [0.25, 0.3) is 0 Å². The Morgan fingerprint density at radius 2 is 1.92 bits per heavy atom. The minimum absolute atomic E-state index is 0.284. The van der Waals surface area contributed by atoms with E-state index in [-0.39, 0.29) is 6.04 Å². The lowest BCUT2D eigenvalue weighted by Crippen LogP contribution is -2.39. The zero-order chi connectivity index (χ0) is 17.6. The average Bonchev–Trinajstić information content (AvgIpc) is 3.12. The minimum atomic E-state index is -0.411. The van der Waals surface area contributed by atoms with E-state index in [1.165, 1.54) is 0 Å². The molecule has 0 radical (unpaired) electrons. The van der Waals surface area contributed by atoms with Crippen LogP contribution in [0.3, 0.4) is 0 Å². The quantitative estimate of drug-likeness (QED) is 0.801. The third-order valence-corrected chi connectivity index (χ3v) is 5.16. The standard InChI is InChI=1S/C20H29N3O2/c1-3-19-22-20(25-23-19)16-9-11-17(12-10-16)21-14(2)13-18(24)15-7-5-4-6-8-15/h4-8,14,16-18,21,24H,3,9-13H2,1-2H3. The first-order valence-corrected chi connectivity index (χ1v) is 9.47. The second kappa shape index (κ2) is 8.59. The highest BCUT2D eigenvalue weighted by molar-refractivity contribution is 5.17. The van der Waals surface area contributed by atoms with E-state index >= 15 is 0 Å². The highest BCUT2D eigenvalue weighted by Crippen LogP contribution is 2.32. The lowest BCUT2D eigenvalue weighted by molar-refractivity contribution is 0.148. The Hall–Kier alpha value is -1.72.